The highest BCUT2D eigenvalue weighted by Gasteiger charge is 2.17. The molecule has 6 rings (SSSR count). The number of anilines is 1. The second-order valence-corrected chi connectivity index (χ2v) is 10.1. The normalized spacial score (nSPS) is 11.5. The Balaban J connectivity index is 1.41. The van der Waals surface area contributed by atoms with Crippen LogP contribution in [0.2, 0.25) is 0 Å². The Morgan fingerprint density at radius 2 is 1.79 bits per heavy atom. The number of nitrogens with one attached hydrogen (secondary N) is 2. The zero-order valence-electron chi connectivity index (χ0n) is 21.9. The van der Waals surface area contributed by atoms with Crippen LogP contribution in [0, 0.1) is 11.7 Å². The topological polar surface area (TPSA) is 88.5 Å². The van der Waals surface area contributed by atoms with Crippen LogP contribution in [0.4, 0.5) is 10.1 Å². The number of benzene rings is 2. The minimum Gasteiger partial charge on any atom is -0.353 e. The van der Waals surface area contributed by atoms with Gasteiger partial charge in [-0.1, -0.05) is 38.1 Å². The summed E-state index contributed by atoms with van der Waals surface area (Å²) >= 11 is 0. The fourth-order valence-electron chi connectivity index (χ4n) is 4.94. The van der Waals surface area contributed by atoms with E-state index in [0.717, 1.165) is 55.6 Å². The summed E-state index contributed by atoms with van der Waals surface area (Å²) in [5, 5.41) is 9.57. The van der Waals surface area contributed by atoms with E-state index in [9.17, 15) is 9.18 Å². The van der Waals surface area contributed by atoms with Gasteiger partial charge in [0.2, 0.25) is 5.91 Å². The van der Waals surface area contributed by atoms with Crippen LogP contribution < -0.4 is 5.32 Å². The van der Waals surface area contributed by atoms with Crippen molar-refractivity contribution in [3.05, 3.63) is 85.1 Å². The molecule has 6 aromatic rings. The number of aromatic nitrogens is 5. The zero-order chi connectivity index (χ0) is 27.1. The molecule has 8 heteroatoms. The van der Waals surface area contributed by atoms with Gasteiger partial charge in [0.05, 0.1) is 17.6 Å². The SMILES string of the molecule is CC(C)CC(=O)Nc1cncc(-c2cnc3c(c2)c(-c2cc4c(-c5cccc(F)c5)cccc4[nH]2)nn3C)c1. The maximum absolute atomic E-state index is 14.0. The van der Waals surface area contributed by atoms with Crippen molar-refractivity contribution in [2.45, 2.75) is 20.3 Å². The minimum absolute atomic E-state index is 0.0384. The number of halogens is 1. The quantitative estimate of drug-likeness (QED) is 0.249. The lowest BCUT2D eigenvalue weighted by molar-refractivity contribution is -0.116. The van der Waals surface area contributed by atoms with E-state index in [4.69, 9.17) is 10.1 Å². The van der Waals surface area contributed by atoms with Crippen molar-refractivity contribution in [2.75, 3.05) is 5.32 Å². The molecule has 4 heterocycles. The minimum atomic E-state index is -0.271. The van der Waals surface area contributed by atoms with E-state index in [0.29, 0.717) is 12.1 Å². The molecule has 0 spiro atoms. The van der Waals surface area contributed by atoms with Gasteiger partial charge in [0.15, 0.2) is 5.65 Å². The lowest BCUT2D eigenvalue weighted by Crippen LogP contribution is -2.13. The first-order valence-electron chi connectivity index (χ1n) is 12.8. The van der Waals surface area contributed by atoms with E-state index in [1.807, 2.05) is 57.3 Å². The lowest BCUT2D eigenvalue weighted by Gasteiger charge is -2.08. The lowest BCUT2D eigenvalue weighted by atomic mass is 10.0. The third-order valence-corrected chi connectivity index (χ3v) is 6.68. The predicted molar refractivity (Wildman–Crippen MR) is 153 cm³/mol. The molecule has 7 nitrogen and oxygen atoms in total. The van der Waals surface area contributed by atoms with E-state index < -0.39 is 0 Å². The zero-order valence-corrected chi connectivity index (χ0v) is 21.9. The third-order valence-electron chi connectivity index (χ3n) is 6.68. The van der Waals surface area contributed by atoms with Gasteiger partial charge in [-0.25, -0.2) is 14.1 Å². The first-order valence-corrected chi connectivity index (χ1v) is 12.8. The molecule has 2 N–H and O–H groups in total. The smallest absolute Gasteiger partial charge is 0.224 e. The summed E-state index contributed by atoms with van der Waals surface area (Å²) in [7, 11) is 1.87. The average molecular weight is 519 g/mol. The van der Waals surface area contributed by atoms with Crippen molar-refractivity contribution in [3.8, 4) is 33.6 Å². The molecule has 0 atom stereocenters. The number of pyridine rings is 2. The maximum atomic E-state index is 14.0. The summed E-state index contributed by atoms with van der Waals surface area (Å²) in [4.78, 5) is 24.8. The highest BCUT2D eigenvalue weighted by Crippen LogP contribution is 2.35. The summed E-state index contributed by atoms with van der Waals surface area (Å²) in [5.74, 6) is -0.0394. The largest absolute Gasteiger partial charge is 0.353 e. The number of amides is 1. The summed E-state index contributed by atoms with van der Waals surface area (Å²) in [6.45, 7) is 4.02. The van der Waals surface area contributed by atoms with E-state index in [1.165, 1.54) is 6.07 Å². The number of carbonyl (C=O) groups is 1. The number of hydrogen-bond donors (Lipinski definition) is 2. The molecule has 0 aliphatic heterocycles. The second-order valence-electron chi connectivity index (χ2n) is 10.1. The molecule has 194 valence electrons. The molecule has 0 aliphatic rings. The van der Waals surface area contributed by atoms with Gasteiger partial charge in [-0.2, -0.15) is 5.10 Å². The van der Waals surface area contributed by atoms with Crippen LogP contribution >= 0.6 is 0 Å². The molecular weight excluding hydrogens is 491 g/mol. The van der Waals surface area contributed by atoms with Crippen molar-refractivity contribution in [1.29, 1.82) is 0 Å². The number of H-pyrrole nitrogens is 1. The standard InChI is InChI=1S/C31H27FN6O/c1-18(2)10-29(39)35-23-12-20(15-33-17-23)21-13-26-30(37-38(3)31(26)34-16-21)28-14-25-24(8-5-9-27(25)36-28)19-6-4-7-22(32)11-19/h4-9,11-18,36H,10H2,1-3H3,(H,35,39). The number of hydrogen-bond acceptors (Lipinski definition) is 4. The fraction of sp³-hybridized carbons (Fsp3) is 0.161. The maximum Gasteiger partial charge on any atom is 0.224 e. The van der Waals surface area contributed by atoms with Gasteiger partial charge in [0.1, 0.15) is 11.5 Å². The molecule has 0 fully saturated rings. The summed E-state index contributed by atoms with van der Waals surface area (Å²) in [6.07, 6.45) is 5.63. The molecule has 0 unspecified atom stereocenters. The molecule has 2 aromatic carbocycles. The van der Waals surface area contributed by atoms with Crippen molar-refractivity contribution in [1.82, 2.24) is 24.7 Å². The van der Waals surface area contributed by atoms with Gasteiger partial charge < -0.3 is 10.3 Å². The van der Waals surface area contributed by atoms with Crippen molar-refractivity contribution < 1.29 is 9.18 Å². The van der Waals surface area contributed by atoms with Gasteiger partial charge in [-0.15, -0.1) is 0 Å². The monoisotopic (exact) mass is 518 g/mol. The summed E-state index contributed by atoms with van der Waals surface area (Å²) < 4.78 is 15.7. The molecule has 0 saturated carbocycles. The van der Waals surface area contributed by atoms with Crippen LogP contribution in [0.1, 0.15) is 20.3 Å². The van der Waals surface area contributed by atoms with Crippen molar-refractivity contribution in [3.63, 3.8) is 0 Å². The van der Waals surface area contributed by atoms with E-state index >= 15 is 0 Å². The first kappa shape index (κ1) is 24.5. The Kier molecular flexibility index (Phi) is 6.15. The number of fused-ring (bicyclic) bond motifs is 2. The fourth-order valence-corrected chi connectivity index (χ4v) is 4.94. The molecule has 0 saturated heterocycles. The summed E-state index contributed by atoms with van der Waals surface area (Å²) in [5.41, 5.74) is 7.38. The molecule has 1 amide bonds. The molecule has 0 radical (unpaired) electrons. The van der Waals surface area contributed by atoms with Gasteiger partial charge in [-0.3, -0.25) is 9.78 Å². The molecule has 39 heavy (non-hydrogen) atoms. The number of aromatic amines is 1. The highest BCUT2D eigenvalue weighted by atomic mass is 19.1. The van der Waals surface area contributed by atoms with Crippen molar-refractivity contribution in [2.24, 2.45) is 13.0 Å². The van der Waals surface area contributed by atoms with Gasteiger partial charge >= 0.3 is 0 Å². The van der Waals surface area contributed by atoms with Crippen molar-refractivity contribution >= 4 is 33.5 Å². The Bertz CT molecular complexity index is 1850. The Morgan fingerprint density at radius 1 is 0.974 bits per heavy atom. The summed E-state index contributed by atoms with van der Waals surface area (Å²) in [6, 6.07) is 18.6. The van der Waals surface area contributed by atoms with Crippen LogP contribution in [-0.4, -0.2) is 30.6 Å². The average Bonchev–Trinajstić information content (AvgIpc) is 3.49. The van der Waals surface area contributed by atoms with Gasteiger partial charge in [0.25, 0.3) is 0 Å². The Hall–Kier alpha value is -4.85. The third kappa shape index (κ3) is 4.77. The number of nitrogens with zero attached hydrogens (tertiary/aromatic N) is 4. The van der Waals surface area contributed by atoms with Crippen LogP contribution in [0.5, 0.6) is 0 Å². The van der Waals surface area contributed by atoms with Crippen LogP contribution in [-0.2, 0) is 11.8 Å². The number of carbonyl (C=O) groups excluding carboxylic acids is 1. The molecule has 0 aliphatic carbocycles. The number of rotatable bonds is 6. The predicted octanol–water partition coefficient (Wildman–Crippen LogP) is 6.97. The van der Waals surface area contributed by atoms with Crippen LogP contribution in [0.15, 0.2) is 79.3 Å². The highest BCUT2D eigenvalue weighted by molar-refractivity contribution is 6.01. The van der Waals surface area contributed by atoms with Gasteiger partial charge in [-0.05, 0) is 53.4 Å². The van der Waals surface area contributed by atoms with E-state index in [2.05, 4.69) is 21.4 Å². The first-order chi connectivity index (χ1) is 18.9. The van der Waals surface area contributed by atoms with E-state index in [-0.39, 0.29) is 17.6 Å². The van der Waals surface area contributed by atoms with E-state index in [1.54, 1.807) is 35.4 Å². The Labute approximate surface area is 224 Å². The van der Waals surface area contributed by atoms with Crippen LogP contribution in [0.25, 0.3) is 55.6 Å². The molecule has 4 aromatic heterocycles. The van der Waals surface area contributed by atoms with Crippen LogP contribution in [0.3, 0.4) is 0 Å². The number of aryl methyl sites for hydroxylation is 1. The second kappa shape index (κ2) is 9.79. The van der Waals surface area contributed by atoms with Gasteiger partial charge in [0, 0.05) is 53.3 Å². The molecular formula is C31H27FN6O. The Morgan fingerprint density at radius 3 is 2.62 bits per heavy atom. The molecule has 0 bridgehead atoms.